The number of methoxy groups -OCH3 is 1. The summed E-state index contributed by atoms with van der Waals surface area (Å²) in [6.45, 7) is 0. The first-order valence-electron chi connectivity index (χ1n) is 4.50. The number of isocyanates is 1. The highest BCUT2D eigenvalue weighted by Crippen LogP contribution is 2.18. The predicted octanol–water partition coefficient (Wildman–Crippen LogP) is 1.49. The van der Waals surface area contributed by atoms with Gasteiger partial charge < -0.3 is 4.74 Å². The predicted molar refractivity (Wildman–Crippen MR) is 54.4 cm³/mol. The molecule has 0 saturated heterocycles. The van der Waals surface area contributed by atoms with Crippen molar-refractivity contribution in [2.45, 2.75) is 12.8 Å². The molecule has 0 bridgehead atoms. The molecule has 1 aromatic carbocycles. The SMILES string of the molecule is COc1ccccc1CCC(=O)N=C=O. The highest BCUT2D eigenvalue weighted by atomic mass is 16.5. The van der Waals surface area contributed by atoms with Gasteiger partial charge in [0.25, 0.3) is 5.91 Å². The van der Waals surface area contributed by atoms with Gasteiger partial charge in [-0.25, -0.2) is 4.79 Å². The van der Waals surface area contributed by atoms with E-state index in [0.29, 0.717) is 6.42 Å². The van der Waals surface area contributed by atoms with E-state index in [1.54, 1.807) is 7.11 Å². The maximum Gasteiger partial charge on any atom is 0.256 e. The van der Waals surface area contributed by atoms with Crippen LogP contribution in [0.5, 0.6) is 5.75 Å². The third-order valence-electron chi connectivity index (χ3n) is 1.97. The number of nitrogens with zero attached hydrogens (tertiary/aromatic N) is 1. The largest absolute Gasteiger partial charge is 0.496 e. The van der Waals surface area contributed by atoms with Gasteiger partial charge >= 0.3 is 0 Å². The van der Waals surface area contributed by atoms with E-state index >= 15 is 0 Å². The van der Waals surface area contributed by atoms with Crippen molar-refractivity contribution in [1.29, 1.82) is 0 Å². The zero-order chi connectivity index (χ0) is 11.1. The number of hydrogen-bond donors (Lipinski definition) is 0. The molecule has 1 rings (SSSR count). The maximum atomic E-state index is 10.9. The highest BCUT2D eigenvalue weighted by Gasteiger charge is 2.04. The summed E-state index contributed by atoms with van der Waals surface area (Å²) in [5, 5.41) is 0. The number of carbonyl (C=O) groups is 1. The molecule has 0 fully saturated rings. The van der Waals surface area contributed by atoms with Crippen molar-refractivity contribution in [1.82, 2.24) is 0 Å². The van der Waals surface area contributed by atoms with Crippen LogP contribution < -0.4 is 4.74 Å². The van der Waals surface area contributed by atoms with E-state index < -0.39 is 5.91 Å². The van der Waals surface area contributed by atoms with Gasteiger partial charge in [0.2, 0.25) is 6.08 Å². The van der Waals surface area contributed by atoms with E-state index in [1.165, 1.54) is 6.08 Å². The molecule has 1 aromatic rings. The number of carbonyl (C=O) groups excluding carboxylic acids is 2. The molecule has 0 unspecified atom stereocenters. The van der Waals surface area contributed by atoms with Gasteiger partial charge in [-0.05, 0) is 18.1 Å². The molecule has 0 aliphatic carbocycles. The van der Waals surface area contributed by atoms with Crippen LogP contribution in [0.3, 0.4) is 0 Å². The van der Waals surface area contributed by atoms with Crippen LogP contribution >= 0.6 is 0 Å². The maximum absolute atomic E-state index is 10.9. The molecule has 0 aliphatic rings. The molecule has 4 heteroatoms. The smallest absolute Gasteiger partial charge is 0.256 e. The Kier molecular flexibility index (Phi) is 4.26. The number of hydrogen-bond acceptors (Lipinski definition) is 3. The molecule has 0 aromatic heterocycles. The first kappa shape index (κ1) is 11.1. The van der Waals surface area contributed by atoms with Crippen LogP contribution in [0.4, 0.5) is 0 Å². The first-order valence-corrected chi connectivity index (χ1v) is 4.50. The Morgan fingerprint density at radius 3 is 2.87 bits per heavy atom. The molecule has 0 radical (unpaired) electrons. The molecule has 78 valence electrons. The van der Waals surface area contributed by atoms with Gasteiger partial charge in [-0.1, -0.05) is 18.2 Å². The minimum absolute atomic E-state index is 0.190. The van der Waals surface area contributed by atoms with E-state index in [-0.39, 0.29) is 6.42 Å². The second kappa shape index (κ2) is 5.73. The second-order valence-electron chi connectivity index (χ2n) is 2.91. The van der Waals surface area contributed by atoms with Crippen LogP contribution in [0.1, 0.15) is 12.0 Å². The van der Waals surface area contributed by atoms with Gasteiger partial charge in [0.05, 0.1) is 7.11 Å². The molecule has 4 nitrogen and oxygen atoms in total. The zero-order valence-corrected chi connectivity index (χ0v) is 8.40. The minimum atomic E-state index is -0.462. The third-order valence-corrected chi connectivity index (χ3v) is 1.97. The Morgan fingerprint density at radius 2 is 2.20 bits per heavy atom. The van der Waals surface area contributed by atoms with Crippen LogP contribution in [0.2, 0.25) is 0 Å². The van der Waals surface area contributed by atoms with Crippen molar-refractivity contribution in [2.75, 3.05) is 7.11 Å². The molecule has 0 aliphatic heterocycles. The van der Waals surface area contributed by atoms with Gasteiger partial charge in [0.15, 0.2) is 0 Å². The van der Waals surface area contributed by atoms with E-state index in [4.69, 9.17) is 4.74 Å². The van der Waals surface area contributed by atoms with Crippen LogP contribution in [0.15, 0.2) is 29.3 Å². The summed E-state index contributed by atoms with van der Waals surface area (Å²) < 4.78 is 5.12. The number of benzene rings is 1. The lowest BCUT2D eigenvalue weighted by Gasteiger charge is -2.05. The summed E-state index contributed by atoms with van der Waals surface area (Å²) in [6.07, 6.45) is 1.92. The van der Waals surface area contributed by atoms with Gasteiger partial charge in [0, 0.05) is 6.42 Å². The number of aliphatic imine (C=N–C) groups is 1. The summed E-state index contributed by atoms with van der Waals surface area (Å²) in [7, 11) is 1.57. The van der Waals surface area contributed by atoms with Gasteiger partial charge in [-0.15, -0.1) is 4.99 Å². The fourth-order valence-corrected chi connectivity index (χ4v) is 1.26. The Labute approximate surface area is 87.6 Å². The third kappa shape index (κ3) is 3.37. The molecule has 0 N–H and O–H groups in total. The molecule has 0 spiro atoms. The summed E-state index contributed by atoms with van der Waals surface area (Å²) in [5.74, 6) is 0.274. The van der Waals surface area contributed by atoms with Crippen LogP contribution in [-0.2, 0) is 16.0 Å². The quantitative estimate of drug-likeness (QED) is 0.552. The highest BCUT2D eigenvalue weighted by molar-refractivity contribution is 5.81. The molecule has 15 heavy (non-hydrogen) atoms. The lowest BCUT2D eigenvalue weighted by atomic mass is 10.1. The zero-order valence-electron chi connectivity index (χ0n) is 8.40. The Hall–Kier alpha value is -1.93. The summed E-state index contributed by atoms with van der Waals surface area (Å²) in [5.41, 5.74) is 0.925. The Morgan fingerprint density at radius 1 is 1.47 bits per heavy atom. The lowest BCUT2D eigenvalue weighted by molar-refractivity contribution is -0.117. The molecule has 0 atom stereocenters. The summed E-state index contributed by atoms with van der Waals surface area (Å²) in [4.78, 5) is 23.8. The summed E-state index contributed by atoms with van der Waals surface area (Å²) in [6, 6.07) is 7.42. The number of amides is 1. The van der Waals surface area contributed by atoms with E-state index in [9.17, 15) is 9.59 Å². The van der Waals surface area contributed by atoms with Gasteiger partial charge in [0.1, 0.15) is 5.75 Å². The van der Waals surface area contributed by atoms with Crippen LogP contribution in [0.25, 0.3) is 0 Å². The van der Waals surface area contributed by atoms with Gasteiger partial charge in [-0.2, -0.15) is 0 Å². The van der Waals surface area contributed by atoms with Crippen LogP contribution in [0, 0.1) is 0 Å². The fourth-order valence-electron chi connectivity index (χ4n) is 1.26. The lowest BCUT2D eigenvalue weighted by Crippen LogP contribution is -1.98. The topological polar surface area (TPSA) is 55.7 Å². The number of ether oxygens (including phenoxy) is 1. The molecule has 0 heterocycles. The van der Waals surface area contributed by atoms with Crippen molar-refractivity contribution in [3.05, 3.63) is 29.8 Å². The minimum Gasteiger partial charge on any atom is -0.496 e. The van der Waals surface area contributed by atoms with E-state index in [0.717, 1.165) is 11.3 Å². The van der Waals surface area contributed by atoms with Crippen molar-refractivity contribution in [2.24, 2.45) is 4.99 Å². The van der Waals surface area contributed by atoms with Gasteiger partial charge in [-0.3, -0.25) is 4.79 Å². The van der Waals surface area contributed by atoms with E-state index in [1.807, 2.05) is 24.3 Å². The number of para-hydroxylation sites is 1. The molecular weight excluding hydrogens is 194 g/mol. The van der Waals surface area contributed by atoms with E-state index in [2.05, 4.69) is 4.99 Å². The average Bonchev–Trinajstić information content (AvgIpc) is 2.27. The van der Waals surface area contributed by atoms with Crippen molar-refractivity contribution in [3.8, 4) is 5.75 Å². The second-order valence-corrected chi connectivity index (χ2v) is 2.91. The molecule has 0 saturated carbocycles. The van der Waals surface area contributed by atoms with Crippen molar-refractivity contribution < 1.29 is 14.3 Å². The number of aryl methyl sites for hydroxylation is 1. The fraction of sp³-hybridized carbons (Fsp3) is 0.273. The normalized spacial score (nSPS) is 9.13. The van der Waals surface area contributed by atoms with Crippen molar-refractivity contribution >= 4 is 12.0 Å². The molecule has 1 amide bonds. The monoisotopic (exact) mass is 205 g/mol. The van der Waals surface area contributed by atoms with Crippen molar-refractivity contribution in [3.63, 3.8) is 0 Å². The average molecular weight is 205 g/mol. The van der Waals surface area contributed by atoms with Crippen LogP contribution in [-0.4, -0.2) is 19.1 Å². The first-order chi connectivity index (χ1) is 7.27. The Balaban J connectivity index is 2.64. The molecular formula is C11H11NO3. The standard InChI is InChI=1S/C11H11NO3/c1-15-10-5-3-2-4-9(10)6-7-11(14)12-8-13/h2-5H,6-7H2,1H3. The summed E-state index contributed by atoms with van der Waals surface area (Å²) >= 11 is 0. The number of rotatable bonds is 4. The Bertz CT molecular complexity index is 395.